The second-order valence-corrected chi connectivity index (χ2v) is 8.28. The van der Waals surface area contributed by atoms with E-state index >= 15 is 0 Å². The van der Waals surface area contributed by atoms with Gasteiger partial charge in [0.25, 0.3) is 5.56 Å². The van der Waals surface area contributed by atoms with E-state index in [1.807, 2.05) is 0 Å². The molecule has 0 unspecified atom stereocenters. The van der Waals surface area contributed by atoms with Crippen molar-refractivity contribution in [3.8, 4) is 0 Å². The van der Waals surface area contributed by atoms with Gasteiger partial charge in [-0.1, -0.05) is 20.8 Å². The molecule has 2 N–H and O–H groups in total. The minimum absolute atomic E-state index is 0.0985. The van der Waals surface area contributed by atoms with E-state index in [9.17, 15) is 14.4 Å². The molecule has 0 saturated heterocycles. The highest BCUT2D eigenvalue weighted by Gasteiger charge is 2.31. The number of nitrogens with one attached hydrogen (secondary N) is 2. The maximum atomic E-state index is 13.0. The van der Waals surface area contributed by atoms with Crippen LogP contribution in [-0.2, 0) is 4.79 Å². The zero-order chi connectivity index (χ0) is 19.1. The quantitative estimate of drug-likeness (QED) is 0.862. The summed E-state index contributed by atoms with van der Waals surface area (Å²) in [5.41, 5.74) is 0.165. The molecule has 1 amide bonds. The Morgan fingerprint density at radius 2 is 1.88 bits per heavy atom. The van der Waals surface area contributed by atoms with Crippen molar-refractivity contribution in [2.24, 2.45) is 11.3 Å². The first-order chi connectivity index (χ1) is 12.2. The second-order valence-electron chi connectivity index (χ2n) is 8.28. The van der Waals surface area contributed by atoms with Gasteiger partial charge in [-0.3, -0.25) is 19.1 Å². The van der Waals surface area contributed by atoms with Gasteiger partial charge in [0, 0.05) is 13.0 Å². The van der Waals surface area contributed by atoms with Crippen LogP contribution in [0.5, 0.6) is 0 Å². The number of hydrogen-bond donors (Lipinski definition) is 2. The molecule has 7 heteroatoms. The molecule has 0 spiro atoms. The number of aromatic amines is 1. The van der Waals surface area contributed by atoms with Crippen LogP contribution < -0.4 is 16.6 Å². The van der Waals surface area contributed by atoms with Crippen LogP contribution in [-0.4, -0.2) is 20.4 Å². The predicted octanol–water partition coefficient (Wildman–Crippen LogP) is 2.82. The standard InChI is InChI=1S/C19H26N4O3/c1-11(24)21-13-9-15-16(20-10-13)22-18(26)23(17(15)25)14-7-5-12(6-8-14)19(2,3)4/h9-10,12,14H,5-8H2,1-4H3,(H,21,24)(H,20,22,26). The number of nitrogens with zero attached hydrogens (tertiary/aromatic N) is 2. The summed E-state index contributed by atoms with van der Waals surface area (Å²) >= 11 is 0. The zero-order valence-corrected chi connectivity index (χ0v) is 15.8. The fourth-order valence-corrected chi connectivity index (χ4v) is 3.91. The SMILES string of the molecule is CC(=O)Nc1cnc2[nH]c(=O)n(C3CCC(C(C)(C)C)CC3)c(=O)c2c1. The number of amides is 1. The predicted molar refractivity (Wildman–Crippen MR) is 101 cm³/mol. The maximum Gasteiger partial charge on any atom is 0.330 e. The van der Waals surface area contributed by atoms with Gasteiger partial charge < -0.3 is 5.32 Å². The number of carbonyl (C=O) groups is 1. The van der Waals surface area contributed by atoms with E-state index in [1.54, 1.807) is 6.07 Å². The van der Waals surface area contributed by atoms with Crippen molar-refractivity contribution in [1.29, 1.82) is 0 Å². The van der Waals surface area contributed by atoms with Crippen molar-refractivity contribution in [3.05, 3.63) is 33.1 Å². The minimum Gasteiger partial charge on any atom is -0.325 e. The third-order valence-corrected chi connectivity index (χ3v) is 5.39. The number of aromatic nitrogens is 3. The lowest BCUT2D eigenvalue weighted by Crippen LogP contribution is -2.40. The Hall–Kier alpha value is -2.44. The number of fused-ring (bicyclic) bond motifs is 1. The lowest BCUT2D eigenvalue weighted by molar-refractivity contribution is -0.114. The van der Waals surface area contributed by atoms with Gasteiger partial charge >= 0.3 is 5.69 Å². The normalized spacial score (nSPS) is 20.9. The number of carbonyl (C=O) groups excluding carboxylic acids is 1. The molecule has 1 saturated carbocycles. The van der Waals surface area contributed by atoms with Crippen LogP contribution in [0.15, 0.2) is 21.9 Å². The largest absolute Gasteiger partial charge is 0.330 e. The molecule has 0 aliphatic heterocycles. The molecular weight excluding hydrogens is 332 g/mol. The zero-order valence-electron chi connectivity index (χ0n) is 15.8. The Morgan fingerprint density at radius 3 is 2.46 bits per heavy atom. The molecule has 2 aromatic rings. The van der Waals surface area contributed by atoms with Crippen LogP contribution in [0.3, 0.4) is 0 Å². The van der Waals surface area contributed by atoms with Crippen molar-refractivity contribution >= 4 is 22.6 Å². The van der Waals surface area contributed by atoms with Crippen LogP contribution in [0.25, 0.3) is 11.0 Å². The molecule has 0 aromatic carbocycles. The van der Waals surface area contributed by atoms with Gasteiger partial charge in [-0.2, -0.15) is 0 Å². The number of hydrogen-bond acceptors (Lipinski definition) is 4. The third-order valence-electron chi connectivity index (χ3n) is 5.39. The molecule has 1 fully saturated rings. The van der Waals surface area contributed by atoms with Crippen LogP contribution in [0.2, 0.25) is 0 Å². The van der Waals surface area contributed by atoms with Crippen LogP contribution >= 0.6 is 0 Å². The van der Waals surface area contributed by atoms with E-state index in [2.05, 4.69) is 36.1 Å². The lowest BCUT2D eigenvalue weighted by Gasteiger charge is -2.37. The Balaban J connectivity index is 1.97. The highest BCUT2D eigenvalue weighted by Crippen LogP contribution is 2.40. The molecule has 3 rings (SSSR count). The lowest BCUT2D eigenvalue weighted by atomic mass is 9.71. The molecule has 0 radical (unpaired) electrons. The molecule has 0 bridgehead atoms. The van der Waals surface area contributed by atoms with E-state index < -0.39 is 5.69 Å². The van der Waals surface area contributed by atoms with Gasteiger partial charge in [0.05, 0.1) is 17.3 Å². The molecule has 7 nitrogen and oxygen atoms in total. The molecule has 2 heterocycles. The number of H-pyrrole nitrogens is 1. The van der Waals surface area contributed by atoms with Crippen LogP contribution in [0.1, 0.15) is 59.4 Å². The average molecular weight is 358 g/mol. The van der Waals surface area contributed by atoms with Gasteiger partial charge in [-0.25, -0.2) is 9.78 Å². The summed E-state index contributed by atoms with van der Waals surface area (Å²) in [5, 5.41) is 2.93. The fraction of sp³-hybridized carbons (Fsp3) is 0.579. The number of pyridine rings is 1. The highest BCUT2D eigenvalue weighted by atomic mass is 16.2. The first-order valence-electron chi connectivity index (χ1n) is 9.09. The number of rotatable bonds is 2. The summed E-state index contributed by atoms with van der Waals surface area (Å²) in [5.74, 6) is 0.360. The molecule has 0 atom stereocenters. The Kier molecular flexibility index (Phi) is 4.73. The summed E-state index contributed by atoms with van der Waals surface area (Å²) in [6, 6.07) is 1.47. The Labute approximate surface area is 151 Å². The summed E-state index contributed by atoms with van der Waals surface area (Å²) in [4.78, 5) is 43.5. The monoisotopic (exact) mass is 358 g/mol. The van der Waals surface area contributed by atoms with Crippen molar-refractivity contribution in [3.63, 3.8) is 0 Å². The summed E-state index contributed by atoms with van der Waals surface area (Å²) in [7, 11) is 0. The van der Waals surface area contributed by atoms with Gasteiger partial charge in [-0.05, 0) is 43.1 Å². The van der Waals surface area contributed by atoms with Crippen molar-refractivity contribution < 1.29 is 4.79 Å². The van der Waals surface area contributed by atoms with Gasteiger partial charge in [-0.15, -0.1) is 0 Å². The van der Waals surface area contributed by atoms with Gasteiger partial charge in [0.15, 0.2) is 0 Å². The maximum absolute atomic E-state index is 13.0. The van der Waals surface area contributed by atoms with Crippen molar-refractivity contribution in [2.75, 3.05) is 5.32 Å². The van der Waals surface area contributed by atoms with Crippen molar-refractivity contribution in [1.82, 2.24) is 14.5 Å². The van der Waals surface area contributed by atoms with E-state index in [0.29, 0.717) is 17.0 Å². The van der Waals surface area contributed by atoms with E-state index in [1.165, 1.54) is 17.7 Å². The molecule has 26 heavy (non-hydrogen) atoms. The molecule has 140 valence electrons. The number of anilines is 1. The van der Waals surface area contributed by atoms with Gasteiger partial charge in [0.2, 0.25) is 5.91 Å². The molecule has 1 aliphatic rings. The average Bonchev–Trinajstić information content (AvgIpc) is 2.55. The van der Waals surface area contributed by atoms with E-state index in [0.717, 1.165) is 25.7 Å². The van der Waals surface area contributed by atoms with E-state index in [4.69, 9.17) is 0 Å². The Bertz CT molecular complexity index is 944. The first-order valence-corrected chi connectivity index (χ1v) is 9.09. The highest BCUT2D eigenvalue weighted by molar-refractivity contribution is 5.90. The smallest absolute Gasteiger partial charge is 0.325 e. The molecule has 1 aliphatic carbocycles. The van der Waals surface area contributed by atoms with Crippen LogP contribution in [0, 0.1) is 11.3 Å². The fourth-order valence-electron chi connectivity index (χ4n) is 3.91. The second kappa shape index (κ2) is 6.70. The Morgan fingerprint density at radius 1 is 1.23 bits per heavy atom. The summed E-state index contributed by atoms with van der Waals surface area (Å²) < 4.78 is 1.33. The van der Waals surface area contributed by atoms with Crippen molar-refractivity contribution in [2.45, 2.75) is 59.4 Å². The molecule has 2 aromatic heterocycles. The van der Waals surface area contributed by atoms with Gasteiger partial charge in [0.1, 0.15) is 5.65 Å². The topological polar surface area (TPSA) is 96.8 Å². The summed E-state index contributed by atoms with van der Waals surface area (Å²) in [6.45, 7) is 8.11. The van der Waals surface area contributed by atoms with E-state index in [-0.39, 0.29) is 28.6 Å². The minimum atomic E-state index is -0.415. The van der Waals surface area contributed by atoms with Crippen LogP contribution in [0.4, 0.5) is 5.69 Å². The summed E-state index contributed by atoms with van der Waals surface area (Å²) in [6.07, 6.45) is 5.06. The first kappa shape index (κ1) is 18.4. The third kappa shape index (κ3) is 3.57. The molecular formula is C19H26N4O3.